The van der Waals surface area contributed by atoms with Gasteiger partial charge in [-0.2, -0.15) is 0 Å². The standard InChI is InChI=1S/C21H18O/c22-21-15-11-16-17(12-15)20(21)19(14-9-5-2-6-10-14)18(16)13-7-3-1-4-8-13/h1-10,15-17,20H,11-12H2/t15-,16?,17-,20?/m1/s1. The number of allylic oxidation sites excluding steroid dienone is 2. The molecule has 22 heavy (non-hydrogen) atoms. The van der Waals surface area contributed by atoms with E-state index < -0.39 is 0 Å². The van der Waals surface area contributed by atoms with E-state index in [1.165, 1.54) is 22.3 Å². The van der Waals surface area contributed by atoms with Crippen LogP contribution >= 0.6 is 0 Å². The molecular weight excluding hydrogens is 268 g/mol. The van der Waals surface area contributed by atoms with Gasteiger partial charge in [-0.3, -0.25) is 4.79 Å². The van der Waals surface area contributed by atoms with E-state index in [-0.39, 0.29) is 5.92 Å². The minimum Gasteiger partial charge on any atom is -0.299 e. The zero-order valence-corrected chi connectivity index (χ0v) is 12.4. The Hall–Kier alpha value is -2.15. The first-order chi connectivity index (χ1) is 10.8. The number of benzene rings is 2. The maximum absolute atomic E-state index is 12.8. The number of fused-ring (bicyclic) bond motifs is 1. The molecule has 2 aromatic rings. The fourth-order valence-corrected chi connectivity index (χ4v) is 5.13. The van der Waals surface area contributed by atoms with E-state index >= 15 is 0 Å². The summed E-state index contributed by atoms with van der Waals surface area (Å²) in [5.74, 6) is 2.13. The van der Waals surface area contributed by atoms with Gasteiger partial charge in [0.25, 0.3) is 0 Å². The first kappa shape index (κ1) is 12.4. The Morgan fingerprint density at radius 1 is 0.727 bits per heavy atom. The van der Waals surface area contributed by atoms with Crippen LogP contribution in [0.3, 0.4) is 0 Å². The molecule has 3 aliphatic rings. The lowest BCUT2D eigenvalue weighted by Crippen LogP contribution is -2.23. The average Bonchev–Trinajstić information content (AvgIpc) is 3.18. The van der Waals surface area contributed by atoms with E-state index in [0.717, 1.165) is 12.8 Å². The van der Waals surface area contributed by atoms with Gasteiger partial charge in [-0.05, 0) is 47.0 Å². The van der Waals surface area contributed by atoms with Crippen LogP contribution in [0.5, 0.6) is 0 Å². The van der Waals surface area contributed by atoms with Crippen molar-refractivity contribution in [3.8, 4) is 0 Å². The van der Waals surface area contributed by atoms with Crippen LogP contribution in [0.4, 0.5) is 0 Å². The highest BCUT2D eigenvalue weighted by atomic mass is 16.1. The number of ketones is 1. The lowest BCUT2D eigenvalue weighted by atomic mass is 9.82. The third kappa shape index (κ3) is 1.51. The molecule has 1 nitrogen and oxygen atoms in total. The predicted octanol–water partition coefficient (Wildman–Crippen LogP) is 4.45. The normalized spacial score (nSPS) is 32.1. The molecule has 2 saturated carbocycles. The molecule has 108 valence electrons. The van der Waals surface area contributed by atoms with Gasteiger partial charge in [0.2, 0.25) is 0 Å². The highest BCUT2D eigenvalue weighted by molar-refractivity contribution is 6.09. The Labute approximate surface area is 130 Å². The van der Waals surface area contributed by atoms with Crippen molar-refractivity contribution in [3.05, 3.63) is 71.8 Å². The lowest BCUT2D eigenvalue weighted by Gasteiger charge is -2.20. The molecule has 1 heteroatoms. The van der Waals surface area contributed by atoms with E-state index in [2.05, 4.69) is 60.7 Å². The van der Waals surface area contributed by atoms with Crippen LogP contribution in [0.25, 0.3) is 11.1 Å². The molecule has 5 rings (SSSR count). The van der Waals surface area contributed by atoms with Crippen molar-refractivity contribution in [2.45, 2.75) is 12.8 Å². The molecule has 0 N–H and O–H groups in total. The second-order valence-electron chi connectivity index (χ2n) is 6.88. The van der Waals surface area contributed by atoms with Gasteiger partial charge in [0.1, 0.15) is 5.78 Å². The summed E-state index contributed by atoms with van der Waals surface area (Å²) in [6.45, 7) is 0. The summed E-state index contributed by atoms with van der Waals surface area (Å²) in [5, 5.41) is 0. The Morgan fingerprint density at radius 3 is 1.91 bits per heavy atom. The van der Waals surface area contributed by atoms with E-state index in [1.807, 2.05) is 0 Å². The molecule has 2 unspecified atom stereocenters. The summed E-state index contributed by atoms with van der Waals surface area (Å²) in [4.78, 5) is 12.8. The van der Waals surface area contributed by atoms with Gasteiger partial charge in [0.05, 0.1) is 0 Å². The van der Waals surface area contributed by atoms with Crippen LogP contribution in [-0.2, 0) is 4.79 Å². The largest absolute Gasteiger partial charge is 0.299 e. The molecule has 0 spiro atoms. The van der Waals surface area contributed by atoms with Crippen LogP contribution < -0.4 is 0 Å². The summed E-state index contributed by atoms with van der Waals surface area (Å²) in [7, 11) is 0. The molecule has 0 radical (unpaired) electrons. The second-order valence-corrected chi connectivity index (χ2v) is 6.88. The van der Waals surface area contributed by atoms with E-state index in [4.69, 9.17) is 0 Å². The molecule has 2 fully saturated rings. The topological polar surface area (TPSA) is 17.1 Å². The lowest BCUT2D eigenvalue weighted by molar-refractivity contribution is -0.124. The fourth-order valence-electron chi connectivity index (χ4n) is 5.13. The average molecular weight is 286 g/mol. The second kappa shape index (κ2) is 4.42. The fraction of sp³-hybridized carbons (Fsp3) is 0.286. The number of hydrogen-bond donors (Lipinski definition) is 0. The molecule has 2 aromatic carbocycles. The van der Waals surface area contributed by atoms with Gasteiger partial charge < -0.3 is 0 Å². The number of hydrogen-bond acceptors (Lipinski definition) is 1. The van der Waals surface area contributed by atoms with Gasteiger partial charge in [0, 0.05) is 11.8 Å². The summed E-state index contributed by atoms with van der Waals surface area (Å²) >= 11 is 0. The first-order valence-corrected chi connectivity index (χ1v) is 8.23. The molecule has 0 aromatic heterocycles. The third-order valence-corrected chi connectivity index (χ3v) is 5.89. The van der Waals surface area contributed by atoms with Crippen molar-refractivity contribution in [2.24, 2.45) is 23.7 Å². The quantitative estimate of drug-likeness (QED) is 0.797. The Morgan fingerprint density at radius 2 is 1.32 bits per heavy atom. The van der Waals surface area contributed by atoms with E-state index in [0.29, 0.717) is 23.5 Å². The maximum atomic E-state index is 12.8. The molecule has 0 saturated heterocycles. The summed E-state index contributed by atoms with van der Waals surface area (Å²) in [6, 6.07) is 21.3. The Kier molecular flexibility index (Phi) is 2.49. The Bertz CT molecular complexity index is 772. The van der Waals surface area contributed by atoms with E-state index in [1.54, 1.807) is 0 Å². The smallest absolute Gasteiger partial charge is 0.143 e. The monoisotopic (exact) mass is 286 g/mol. The van der Waals surface area contributed by atoms with Crippen LogP contribution in [0.2, 0.25) is 0 Å². The van der Waals surface area contributed by atoms with Gasteiger partial charge in [0.15, 0.2) is 0 Å². The van der Waals surface area contributed by atoms with Gasteiger partial charge in [-0.15, -0.1) is 0 Å². The minimum atomic E-state index is 0.154. The van der Waals surface area contributed by atoms with Crippen LogP contribution in [0.15, 0.2) is 60.7 Å². The third-order valence-electron chi connectivity index (χ3n) is 5.89. The van der Waals surface area contributed by atoms with Crippen molar-refractivity contribution in [2.75, 3.05) is 0 Å². The summed E-state index contributed by atoms with van der Waals surface area (Å²) in [5.41, 5.74) is 5.34. The van der Waals surface area contributed by atoms with Crippen molar-refractivity contribution in [1.29, 1.82) is 0 Å². The molecule has 4 atom stereocenters. The minimum absolute atomic E-state index is 0.154. The number of carbonyl (C=O) groups is 1. The first-order valence-electron chi connectivity index (χ1n) is 8.23. The Balaban J connectivity index is 1.77. The SMILES string of the molecule is O=C1C2C(c3ccccc3)=C(c3ccccc3)C3C[C@@H]1C[C@H]32. The molecule has 0 amide bonds. The number of rotatable bonds is 2. The predicted molar refractivity (Wildman–Crippen MR) is 87.9 cm³/mol. The zero-order chi connectivity index (χ0) is 14.7. The van der Waals surface area contributed by atoms with Crippen molar-refractivity contribution in [3.63, 3.8) is 0 Å². The van der Waals surface area contributed by atoms with Crippen molar-refractivity contribution >= 4 is 16.9 Å². The van der Waals surface area contributed by atoms with E-state index in [9.17, 15) is 4.79 Å². The summed E-state index contributed by atoms with van der Waals surface area (Å²) in [6.07, 6.45) is 2.18. The highest BCUT2D eigenvalue weighted by Crippen LogP contribution is 2.64. The van der Waals surface area contributed by atoms with Crippen molar-refractivity contribution < 1.29 is 4.79 Å². The highest BCUT2D eigenvalue weighted by Gasteiger charge is 2.59. The van der Waals surface area contributed by atoms with Crippen LogP contribution in [0, 0.1) is 23.7 Å². The molecule has 0 aliphatic heterocycles. The number of Topliss-reactive ketones (excluding diaryl/α,β-unsaturated/α-hetero) is 1. The van der Waals surface area contributed by atoms with Gasteiger partial charge in [-0.1, -0.05) is 60.7 Å². The van der Waals surface area contributed by atoms with Crippen LogP contribution in [-0.4, -0.2) is 5.78 Å². The maximum Gasteiger partial charge on any atom is 0.143 e. The number of carbonyl (C=O) groups excluding carboxylic acids is 1. The molecule has 2 bridgehead atoms. The molecule has 3 aliphatic carbocycles. The van der Waals surface area contributed by atoms with Gasteiger partial charge in [-0.25, -0.2) is 0 Å². The molecular formula is C21H18O. The van der Waals surface area contributed by atoms with Crippen LogP contribution in [0.1, 0.15) is 24.0 Å². The molecule has 0 heterocycles. The van der Waals surface area contributed by atoms with Crippen molar-refractivity contribution in [1.82, 2.24) is 0 Å². The summed E-state index contributed by atoms with van der Waals surface area (Å²) < 4.78 is 0. The van der Waals surface area contributed by atoms with Gasteiger partial charge >= 0.3 is 0 Å². The zero-order valence-electron chi connectivity index (χ0n) is 12.4.